The van der Waals surface area contributed by atoms with Gasteiger partial charge in [0.2, 0.25) is 15.9 Å². The summed E-state index contributed by atoms with van der Waals surface area (Å²) >= 11 is 0. The Labute approximate surface area is 103 Å². The average Bonchev–Trinajstić information content (AvgIpc) is 2.23. The number of amides is 1. The average molecular weight is 265 g/mol. The molecule has 0 aliphatic heterocycles. The Bertz CT molecular complexity index is 315. The molecule has 7 heteroatoms. The number of nitrogens with two attached hydrogens (primary N) is 1. The van der Waals surface area contributed by atoms with Crippen LogP contribution in [0.25, 0.3) is 0 Å². The summed E-state index contributed by atoms with van der Waals surface area (Å²) in [4.78, 5) is 11.3. The maximum absolute atomic E-state index is 11.3. The smallest absolute Gasteiger partial charge is 0.221 e. The van der Waals surface area contributed by atoms with Crippen LogP contribution in [-0.4, -0.2) is 39.7 Å². The topological polar surface area (TPSA) is 101 Å². The van der Waals surface area contributed by atoms with Crippen molar-refractivity contribution in [2.45, 2.75) is 26.7 Å². The molecule has 0 saturated heterocycles. The van der Waals surface area contributed by atoms with Gasteiger partial charge in [0.25, 0.3) is 0 Å². The van der Waals surface area contributed by atoms with Gasteiger partial charge >= 0.3 is 0 Å². The number of nitrogens with one attached hydrogen (secondary N) is 2. The van der Waals surface area contributed by atoms with Crippen molar-refractivity contribution in [3.8, 4) is 0 Å². The molecule has 0 rings (SSSR count). The minimum atomic E-state index is -3.28. The van der Waals surface area contributed by atoms with E-state index in [0.717, 1.165) is 0 Å². The summed E-state index contributed by atoms with van der Waals surface area (Å²) < 4.78 is 25.0. The van der Waals surface area contributed by atoms with Crippen molar-refractivity contribution in [1.29, 1.82) is 0 Å². The van der Waals surface area contributed by atoms with E-state index in [9.17, 15) is 13.2 Å². The van der Waals surface area contributed by atoms with E-state index in [1.165, 1.54) is 0 Å². The van der Waals surface area contributed by atoms with Gasteiger partial charge in [-0.25, -0.2) is 13.1 Å². The highest BCUT2D eigenvalue weighted by molar-refractivity contribution is 7.89. The van der Waals surface area contributed by atoms with Gasteiger partial charge in [0, 0.05) is 19.5 Å². The SMILES string of the molecule is CC(C)CNC(=O)CCNS(=O)(=O)CCCN. The molecule has 102 valence electrons. The van der Waals surface area contributed by atoms with Crippen LogP contribution in [0, 0.1) is 5.92 Å². The lowest BCUT2D eigenvalue weighted by atomic mass is 10.2. The molecule has 0 bridgehead atoms. The van der Waals surface area contributed by atoms with E-state index in [1.54, 1.807) is 0 Å². The maximum Gasteiger partial charge on any atom is 0.221 e. The molecule has 1 amide bonds. The molecular weight excluding hydrogens is 242 g/mol. The van der Waals surface area contributed by atoms with Crippen LogP contribution in [0.15, 0.2) is 0 Å². The van der Waals surface area contributed by atoms with Gasteiger partial charge in [0.05, 0.1) is 5.75 Å². The summed E-state index contributed by atoms with van der Waals surface area (Å²) in [5.74, 6) is 0.261. The Balaban J connectivity index is 3.72. The summed E-state index contributed by atoms with van der Waals surface area (Å²) in [5.41, 5.74) is 5.22. The highest BCUT2D eigenvalue weighted by Crippen LogP contribution is 1.90. The fourth-order valence-electron chi connectivity index (χ4n) is 1.07. The minimum absolute atomic E-state index is 0.0110. The van der Waals surface area contributed by atoms with E-state index in [1.807, 2.05) is 13.8 Å². The van der Waals surface area contributed by atoms with Crippen LogP contribution in [0.2, 0.25) is 0 Å². The van der Waals surface area contributed by atoms with Crippen molar-refractivity contribution in [3.05, 3.63) is 0 Å². The summed E-state index contributed by atoms with van der Waals surface area (Å²) in [7, 11) is -3.28. The van der Waals surface area contributed by atoms with Crippen molar-refractivity contribution in [2.75, 3.05) is 25.4 Å². The van der Waals surface area contributed by atoms with Crippen LogP contribution >= 0.6 is 0 Å². The van der Waals surface area contributed by atoms with Gasteiger partial charge in [0.15, 0.2) is 0 Å². The van der Waals surface area contributed by atoms with Crippen molar-refractivity contribution in [3.63, 3.8) is 0 Å². The van der Waals surface area contributed by atoms with E-state index < -0.39 is 10.0 Å². The van der Waals surface area contributed by atoms with E-state index >= 15 is 0 Å². The van der Waals surface area contributed by atoms with Gasteiger partial charge in [-0.15, -0.1) is 0 Å². The van der Waals surface area contributed by atoms with Crippen LogP contribution in [0.3, 0.4) is 0 Å². The van der Waals surface area contributed by atoms with Gasteiger partial charge in [0.1, 0.15) is 0 Å². The third kappa shape index (κ3) is 10.2. The number of hydrogen-bond acceptors (Lipinski definition) is 4. The zero-order valence-electron chi connectivity index (χ0n) is 10.5. The predicted octanol–water partition coefficient (Wildman–Crippen LogP) is -0.583. The van der Waals surface area contributed by atoms with E-state index in [4.69, 9.17) is 5.73 Å². The summed E-state index contributed by atoms with van der Waals surface area (Å²) in [6.07, 6.45) is 0.587. The molecule has 0 aromatic heterocycles. The van der Waals surface area contributed by atoms with E-state index in [0.29, 0.717) is 25.4 Å². The molecule has 0 aromatic carbocycles. The molecular formula is C10H23N3O3S. The molecule has 17 heavy (non-hydrogen) atoms. The molecule has 0 spiro atoms. The summed E-state index contributed by atoms with van der Waals surface area (Å²) in [6.45, 7) is 5.08. The summed E-state index contributed by atoms with van der Waals surface area (Å²) in [6, 6.07) is 0. The van der Waals surface area contributed by atoms with Gasteiger partial charge in [-0.3, -0.25) is 4.79 Å². The monoisotopic (exact) mass is 265 g/mol. The third-order valence-corrected chi connectivity index (χ3v) is 3.47. The van der Waals surface area contributed by atoms with Crippen molar-refractivity contribution in [2.24, 2.45) is 11.7 Å². The lowest BCUT2D eigenvalue weighted by Gasteiger charge is -2.08. The first-order valence-corrected chi connectivity index (χ1v) is 7.46. The first-order valence-electron chi connectivity index (χ1n) is 5.81. The van der Waals surface area contributed by atoms with Crippen molar-refractivity contribution < 1.29 is 13.2 Å². The molecule has 0 fully saturated rings. The van der Waals surface area contributed by atoms with Gasteiger partial charge < -0.3 is 11.1 Å². The Hall–Kier alpha value is -0.660. The van der Waals surface area contributed by atoms with Crippen LogP contribution < -0.4 is 15.8 Å². The largest absolute Gasteiger partial charge is 0.356 e. The number of carbonyl (C=O) groups excluding carboxylic acids is 1. The van der Waals surface area contributed by atoms with Crippen molar-refractivity contribution >= 4 is 15.9 Å². The molecule has 4 N–H and O–H groups in total. The number of rotatable bonds is 9. The molecule has 0 aromatic rings. The standard InChI is InChI=1S/C10H23N3O3S/c1-9(2)8-12-10(14)4-6-13-17(15,16)7-3-5-11/h9,13H,3-8,11H2,1-2H3,(H,12,14). The van der Waals surface area contributed by atoms with Crippen LogP contribution in [0.5, 0.6) is 0 Å². The van der Waals surface area contributed by atoms with E-state index in [-0.39, 0.29) is 24.6 Å². The quantitative estimate of drug-likeness (QED) is 0.519. The molecule has 0 unspecified atom stereocenters. The number of sulfonamides is 1. The molecule has 0 aliphatic carbocycles. The minimum Gasteiger partial charge on any atom is -0.356 e. The molecule has 0 saturated carbocycles. The lowest BCUT2D eigenvalue weighted by Crippen LogP contribution is -2.33. The fraction of sp³-hybridized carbons (Fsp3) is 0.900. The predicted molar refractivity (Wildman–Crippen MR) is 67.9 cm³/mol. The van der Waals surface area contributed by atoms with Gasteiger partial charge in [-0.2, -0.15) is 0 Å². The zero-order chi connectivity index (χ0) is 13.3. The normalized spacial score (nSPS) is 11.8. The fourth-order valence-corrected chi connectivity index (χ4v) is 2.18. The zero-order valence-corrected chi connectivity index (χ0v) is 11.3. The highest BCUT2D eigenvalue weighted by atomic mass is 32.2. The van der Waals surface area contributed by atoms with Crippen LogP contribution in [0.1, 0.15) is 26.7 Å². The Kier molecular flexibility index (Phi) is 8.11. The first kappa shape index (κ1) is 16.3. The Morgan fingerprint density at radius 3 is 2.53 bits per heavy atom. The Morgan fingerprint density at radius 1 is 1.35 bits per heavy atom. The first-order chi connectivity index (χ1) is 7.87. The van der Waals surface area contributed by atoms with Gasteiger partial charge in [-0.1, -0.05) is 13.8 Å². The second-order valence-electron chi connectivity index (χ2n) is 4.30. The number of hydrogen-bond donors (Lipinski definition) is 3. The molecule has 0 aliphatic rings. The third-order valence-electron chi connectivity index (χ3n) is 2.00. The van der Waals surface area contributed by atoms with Crippen molar-refractivity contribution in [1.82, 2.24) is 10.0 Å². The highest BCUT2D eigenvalue weighted by Gasteiger charge is 2.09. The van der Waals surface area contributed by atoms with Crippen LogP contribution in [0.4, 0.5) is 0 Å². The van der Waals surface area contributed by atoms with Gasteiger partial charge in [-0.05, 0) is 18.9 Å². The summed E-state index contributed by atoms with van der Waals surface area (Å²) in [5, 5.41) is 2.72. The maximum atomic E-state index is 11.3. The second kappa shape index (κ2) is 8.43. The molecule has 0 heterocycles. The van der Waals surface area contributed by atoms with E-state index in [2.05, 4.69) is 10.0 Å². The van der Waals surface area contributed by atoms with Crippen LogP contribution in [-0.2, 0) is 14.8 Å². The molecule has 0 radical (unpaired) electrons. The molecule has 0 atom stereocenters. The number of carbonyl (C=O) groups is 1. The Morgan fingerprint density at radius 2 is 2.00 bits per heavy atom. The molecule has 6 nitrogen and oxygen atoms in total. The lowest BCUT2D eigenvalue weighted by molar-refractivity contribution is -0.121. The second-order valence-corrected chi connectivity index (χ2v) is 6.23.